The molecule has 2 aliphatic rings. The number of likely N-dealkylation sites (tertiary alicyclic amines) is 2. The highest BCUT2D eigenvalue weighted by molar-refractivity contribution is 5.95. The van der Waals surface area contributed by atoms with Crippen LogP contribution in [0.1, 0.15) is 33.6 Å². The summed E-state index contributed by atoms with van der Waals surface area (Å²) in [5, 5.41) is 0. The van der Waals surface area contributed by atoms with E-state index in [1.807, 2.05) is 113 Å². The zero-order valence-electron chi connectivity index (χ0n) is 23.3. The van der Waals surface area contributed by atoms with E-state index in [1.165, 1.54) is 0 Å². The van der Waals surface area contributed by atoms with Gasteiger partial charge in [-0.3, -0.25) is 9.59 Å². The second kappa shape index (κ2) is 11.2. The lowest BCUT2D eigenvalue weighted by Crippen LogP contribution is -2.34. The quantitative estimate of drug-likeness (QED) is 0.263. The smallest absolute Gasteiger partial charge is 0.253 e. The van der Waals surface area contributed by atoms with Crippen molar-refractivity contribution in [3.63, 3.8) is 0 Å². The van der Waals surface area contributed by atoms with Crippen molar-refractivity contribution in [2.45, 2.75) is 12.8 Å². The molecule has 0 aliphatic carbocycles. The Morgan fingerprint density at radius 1 is 0.667 bits per heavy atom. The number of imidazole rings is 1. The van der Waals surface area contributed by atoms with Crippen molar-refractivity contribution in [1.82, 2.24) is 19.8 Å². The second-order valence-electron chi connectivity index (χ2n) is 11.2. The molecule has 2 atom stereocenters. The van der Waals surface area contributed by atoms with E-state index in [2.05, 4.69) is 9.97 Å². The summed E-state index contributed by atoms with van der Waals surface area (Å²) >= 11 is 0. The van der Waals surface area contributed by atoms with Crippen LogP contribution >= 0.6 is 0 Å². The molecule has 2 amide bonds. The van der Waals surface area contributed by atoms with Crippen molar-refractivity contribution in [1.29, 1.82) is 0 Å². The fourth-order valence-corrected chi connectivity index (χ4v) is 6.23. The maximum Gasteiger partial charge on any atom is 0.253 e. The number of nitrogens with one attached hydrogen (secondary N) is 1. The van der Waals surface area contributed by atoms with Crippen LogP contribution in [0, 0.1) is 11.8 Å². The van der Waals surface area contributed by atoms with Crippen molar-refractivity contribution in [2.75, 3.05) is 26.2 Å². The average molecular weight is 557 g/mol. The van der Waals surface area contributed by atoms with Crippen LogP contribution in [-0.4, -0.2) is 57.8 Å². The van der Waals surface area contributed by atoms with Gasteiger partial charge in [-0.2, -0.15) is 0 Å². The molecule has 0 bridgehead atoms. The number of carbonyl (C=O) groups excluding carboxylic acids is 2. The third-order valence-corrected chi connectivity index (χ3v) is 8.57. The van der Waals surface area contributed by atoms with Gasteiger partial charge in [0.2, 0.25) is 0 Å². The highest BCUT2D eigenvalue weighted by Gasteiger charge is 2.38. The number of ether oxygens (including phenoxy) is 1. The summed E-state index contributed by atoms with van der Waals surface area (Å²) in [6.07, 6.45) is 1.81. The third kappa shape index (κ3) is 5.26. The number of nitrogens with zero attached hydrogens (tertiary/aromatic N) is 3. The standard InChI is InChI=1S/C35H32N4O3/c40-34(26-14-16-30(17-15-26)42-29-6-2-1-3-7-29)38-20-18-27-22-39(23-28(27)19-21-38)35(41)25-12-10-24(11-13-25)33-36-31-8-4-5-9-32(31)37-33/h1-17,27-28H,18-23H2,(H,36,37)/t27-,28+. The van der Waals surface area contributed by atoms with Gasteiger partial charge in [0.05, 0.1) is 11.0 Å². The van der Waals surface area contributed by atoms with Gasteiger partial charge in [0, 0.05) is 42.9 Å². The molecule has 0 spiro atoms. The first-order valence-corrected chi connectivity index (χ1v) is 14.6. The van der Waals surface area contributed by atoms with Crippen LogP contribution in [0.2, 0.25) is 0 Å². The summed E-state index contributed by atoms with van der Waals surface area (Å²) in [5.74, 6) is 3.21. The number of amides is 2. The minimum Gasteiger partial charge on any atom is -0.457 e. The molecular formula is C35H32N4O3. The van der Waals surface area contributed by atoms with E-state index in [9.17, 15) is 9.59 Å². The SMILES string of the molecule is O=C(c1ccc(Oc2ccccc2)cc1)N1CC[C@@H]2CN(C(=O)c3ccc(-c4nc5ccccc5[nH]4)cc3)C[C@@H]2CC1. The van der Waals surface area contributed by atoms with Crippen LogP contribution in [0.15, 0.2) is 103 Å². The number of fused-ring (bicyclic) bond motifs is 2. The number of rotatable bonds is 5. The summed E-state index contributed by atoms with van der Waals surface area (Å²) in [6, 6.07) is 32.7. The molecule has 3 heterocycles. The molecule has 4 aromatic carbocycles. The molecule has 7 nitrogen and oxygen atoms in total. The fourth-order valence-electron chi connectivity index (χ4n) is 6.23. The summed E-state index contributed by atoms with van der Waals surface area (Å²) in [7, 11) is 0. The lowest BCUT2D eigenvalue weighted by Gasteiger charge is -2.22. The van der Waals surface area contributed by atoms with Crippen LogP contribution < -0.4 is 4.74 Å². The number of aromatic nitrogens is 2. The number of benzene rings is 4. The Labute approximate surface area is 244 Å². The molecule has 0 radical (unpaired) electrons. The van der Waals surface area contributed by atoms with Crippen LogP contribution in [0.3, 0.4) is 0 Å². The molecular weight excluding hydrogens is 524 g/mol. The van der Waals surface area contributed by atoms with Gasteiger partial charge < -0.3 is 19.5 Å². The number of carbonyl (C=O) groups is 2. The van der Waals surface area contributed by atoms with E-state index in [0.29, 0.717) is 41.8 Å². The number of hydrogen-bond acceptors (Lipinski definition) is 4. The van der Waals surface area contributed by atoms with Gasteiger partial charge in [0.25, 0.3) is 11.8 Å². The number of para-hydroxylation sites is 3. The van der Waals surface area contributed by atoms with Gasteiger partial charge in [-0.15, -0.1) is 0 Å². The average Bonchev–Trinajstić information content (AvgIpc) is 3.61. The molecule has 5 aromatic rings. The summed E-state index contributed by atoms with van der Waals surface area (Å²) < 4.78 is 5.87. The van der Waals surface area contributed by atoms with Crippen molar-refractivity contribution in [3.05, 3.63) is 114 Å². The summed E-state index contributed by atoms with van der Waals surface area (Å²) in [4.78, 5) is 38.7. The second-order valence-corrected chi connectivity index (χ2v) is 11.2. The normalized spacial score (nSPS) is 18.5. The van der Waals surface area contributed by atoms with Gasteiger partial charge in [0.15, 0.2) is 0 Å². The van der Waals surface area contributed by atoms with E-state index < -0.39 is 0 Å². The Kier molecular flexibility index (Phi) is 6.92. The lowest BCUT2D eigenvalue weighted by molar-refractivity contribution is 0.0734. The van der Waals surface area contributed by atoms with Crippen LogP contribution in [0.4, 0.5) is 0 Å². The molecule has 0 unspecified atom stereocenters. The topological polar surface area (TPSA) is 78.5 Å². The van der Waals surface area contributed by atoms with Crippen molar-refractivity contribution < 1.29 is 14.3 Å². The molecule has 7 heteroatoms. The van der Waals surface area contributed by atoms with Crippen molar-refractivity contribution in [2.24, 2.45) is 11.8 Å². The first kappa shape index (κ1) is 26.0. The molecule has 1 aromatic heterocycles. The minimum absolute atomic E-state index is 0.0544. The molecule has 2 aliphatic heterocycles. The van der Waals surface area contributed by atoms with Gasteiger partial charge >= 0.3 is 0 Å². The minimum atomic E-state index is 0.0544. The van der Waals surface area contributed by atoms with E-state index >= 15 is 0 Å². The largest absolute Gasteiger partial charge is 0.457 e. The predicted molar refractivity (Wildman–Crippen MR) is 163 cm³/mol. The Hall–Kier alpha value is -4.91. The fraction of sp³-hybridized carbons (Fsp3) is 0.229. The summed E-state index contributed by atoms with van der Waals surface area (Å²) in [6.45, 7) is 2.89. The molecule has 0 saturated carbocycles. The van der Waals surface area contributed by atoms with Gasteiger partial charge in [-0.25, -0.2) is 4.98 Å². The molecule has 42 heavy (non-hydrogen) atoms. The van der Waals surface area contributed by atoms with Crippen LogP contribution in [0.25, 0.3) is 22.4 Å². The van der Waals surface area contributed by atoms with Crippen LogP contribution in [-0.2, 0) is 0 Å². The van der Waals surface area contributed by atoms with E-state index in [4.69, 9.17) is 4.74 Å². The molecule has 2 saturated heterocycles. The lowest BCUT2D eigenvalue weighted by atomic mass is 9.92. The molecule has 210 valence electrons. The van der Waals surface area contributed by atoms with E-state index in [-0.39, 0.29) is 11.8 Å². The molecule has 2 fully saturated rings. The molecule has 1 N–H and O–H groups in total. The highest BCUT2D eigenvalue weighted by Crippen LogP contribution is 2.33. The van der Waals surface area contributed by atoms with E-state index in [1.54, 1.807) is 0 Å². The Bertz CT molecular complexity index is 1660. The van der Waals surface area contributed by atoms with Crippen molar-refractivity contribution >= 4 is 22.8 Å². The van der Waals surface area contributed by atoms with E-state index in [0.717, 1.165) is 54.1 Å². The first-order chi connectivity index (χ1) is 20.6. The maximum absolute atomic E-state index is 13.4. The number of H-pyrrole nitrogens is 1. The Balaban J connectivity index is 0.947. The zero-order chi connectivity index (χ0) is 28.5. The Morgan fingerprint density at radius 3 is 1.90 bits per heavy atom. The highest BCUT2D eigenvalue weighted by atomic mass is 16.5. The Morgan fingerprint density at radius 2 is 1.24 bits per heavy atom. The maximum atomic E-state index is 13.4. The van der Waals surface area contributed by atoms with Gasteiger partial charge in [-0.1, -0.05) is 42.5 Å². The van der Waals surface area contributed by atoms with Gasteiger partial charge in [-0.05, 0) is 85.3 Å². The summed E-state index contributed by atoms with van der Waals surface area (Å²) in [5.41, 5.74) is 4.25. The van der Waals surface area contributed by atoms with Gasteiger partial charge in [0.1, 0.15) is 17.3 Å². The molecule has 7 rings (SSSR count). The predicted octanol–water partition coefficient (Wildman–Crippen LogP) is 6.65. The van der Waals surface area contributed by atoms with Crippen LogP contribution in [0.5, 0.6) is 11.5 Å². The monoisotopic (exact) mass is 556 g/mol. The third-order valence-electron chi connectivity index (χ3n) is 8.57. The zero-order valence-corrected chi connectivity index (χ0v) is 23.3. The number of hydrogen-bond donors (Lipinski definition) is 1. The number of aromatic amines is 1. The van der Waals surface area contributed by atoms with Crippen molar-refractivity contribution in [3.8, 4) is 22.9 Å². The first-order valence-electron chi connectivity index (χ1n) is 14.6.